The molecule has 0 aliphatic carbocycles. The van der Waals surface area contributed by atoms with Crippen molar-refractivity contribution in [1.29, 1.82) is 0 Å². The molecule has 0 spiro atoms. The minimum absolute atomic E-state index is 0.118. The lowest BCUT2D eigenvalue weighted by Crippen LogP contribution is -2.37. The first-order chi connectivity index (χ1) is 11.9. The van der Waals surface area contributed by atoms with Crippen LogP contribution in [0.25, 0.3) is 0 Å². The Labute approximate surface area is 143 Å². The highest BCUT2D eigenvalue weighted by molar-refractivity contribution is 5.95. The largest absolute Gasteiger partial charge is 0.461 e. The number of carbonyl (C=O) groups is 2. The molecule has 0 bridgehead atoms. The quantitative estimate of drug-likeness (QED) is 0.796. The maximum absolute atomic E-state index is 13.9. The van der Waals surface area contributed by atoms with Crippen molar-refractivity contribution in [2.75, 3.05) is 13.2 Å². The van der Waals surface area contributed by atoms with Crippen LogP contribution in [-0.4, -0.2) is 39.7 Å². The summed E-state index contributed by atoms with van der Waals surface area (Å²) in [6.07, 6.45) is 0.479. The molecule has 132 valence electrons. The fraction of sp³-hybridized carbons (Fsp3) is 0.353. The third-order valence-corrected chi connectivity index (χ3v) is 4.16. The number of benzene rings is 1. The second-order valence-electron chi connectivity index (χ2n) is 5.72. The summed E-state index contributed by atoms with van der Waals surface area (Å²) in [5.41, 5.74) is 1.40. The molecule has 25 heavy (non-hydrogen) atoms. The van der Waals surface area contributed by atoms with Crippen molar-refractivity contribution in [3.63, 3.8) is 0 Å². The molecular formula is C17H17F2N3O3. The van der Waals surface area contributed by atoms with Crippen molar-refractivity contribution >= 4 is 11.9 Å². The van der Waals surface area contributed by atoms with Crippen molar-refractivity contribution in [3.05, 3.63) is 52.3 Å². The number of nitrogens with zero attached hydrogens (tertiary/aromatic N) is 3. The first kappa shape index (κ1) is 17.1. The van der Waals surface area contributed by atoms with Gasteiger partial charge in [-0.15, -0.1) is 0 Å². The van der Waals surface area contributed by atoms with Gasteiger partial charge in [-0.25, -0.2) is 13.6 Å². The molecular weight excluding hydrogens is 332 g/mol. The number of aryl methyl sites for hydroxylation is 1. The SMILES string of the molecule is CCOC(=O)c1nn(C)c2c1CN(C(=O)c1ccc(F)cc1F)CC2. The van der Waals surface area contributed by atoms with Gasteiger partial charge in [-0.05, 0) is 19.1 Å². The molecule has 1 aromatic carbocycles. The van der Waals surface area contributed by atoms with Crippen LogP contribution in [0.2, 0.25) is 0 Å². The Bertz CT molecular complexity index is 848. The van der Waals surface area contributed by atoms with Crippen molar-refractivity contribution in [2.45, 2.75) is 19.9 Å². The van der Waals surface area contributed by atoms with E-state index in [1.807, 2.05) is 0 Å². The molecule has 1 aromatic heterocycles. The molecule has 0 radical (unpaired) electrons. The van der Waals surface area contributed by atoms with E-state index in [9.17, 15) is 18.4 Å². The van der Waals surface area contributed by atoms with Gasteiger partial charge in [0.15, 0.2) is 5.69 Å². The van der Waals surface area contributed by atoms with Crippen LogP contribution >= 0.6 is 0 Å². The Kier molecular flexibility index (Phi) is 4.52. The number of hydrogen-bond donors (Lipinski definition) is 0. The average Bonchev–Trinajstić information content (AvgIpc) is 2.91. The smallest absolute Gasteiger partial charge is 0.359 e. The summed E-state index contributed by atoms with van der Waals surface area (Å²) in [5.74, 6) is -2.76. The number of ether oxygens (including phenoxy) is 1. The Morgan fingerprint density at radius 1 is 1.32 bits per heavy atom. The molecule has 1 amide bonds. The first-order valence-corrected chi connectivity index (χ1v) is 7.88. The van der Waals surface area contributed by atoms with E-state index in [0.29, 0.717) is 24.6 Å². The van der Waals surface area contributed by atoms with Gasteiger partial charge in [-0.1, -0.05) is 0 Å². The van der Waals surface area contributed by atoms with Crippen LogP contribution < -0.4 is 0 Å². The monoisotopic (exact) mass is 349 g/mol. The Morgan fingerprint density at radius 2 is 2.08 bits per heavy atom. The van der Waals surface area contributed by atoms with E-state index in [1.165, 1.54) is 4.90 Å². The lowest BCUT2D eigenvalue weighted by molar-refractivity contribution is 0.0513. The molecule has 1 aliphatic heterocycles. The fourth-order valence-electron chi connectivity index (χ4n) is 2.96. The number of fused-ring (bicyclic) bond motifs is 1. The maximum Gasteiger partial charge on any atom is 0.359 e. The number of rotatable bonds is 3. The van der Waals surface area contributed by atoms with E-state index >= 15 is 0 Å². The van der Waals surface area contributed by atoms with E-state index < -0.39 is 23.5 Å². The molecule has 0 atom stereocenters. The van der Waals surface area contributed by atoms with Crippen LogP contribution in [0.15, 0.2) is 18.2 Å². The molecule has 3 rings (SSSR count). The predicted octanol–water partition coefficient (Wildman–Crippen LogP) is 2.07. The minimum Gasteiger partial charge on any atom is -0.461 e. The molecule has 0 saturated carbocycles. The van der Waals surface area contributed by atoms with E-state index in [1.54, 1.807) is 18.7 Å². The maximum atomic E-state index is 13.9. The number of aromatic nitrogens is 2. The van der Waals surface area contributed by atoms with Gasteiger partial charge in [0, 0.05) is 37.3 Å². The molecule has 0 unspecified atom stereocenters. The zero-order valence-corrected chi connectivity index (χ0v) is 13.9. The topological polar surface area (TPSA) is 64.4 Å². The summed E-state index contributed by atoms with van der Waals surface area (Å²) in [6, 6.07) is 2.84. The lowest BCUT2D eigenvalue weighted by Gasteiger charge is -2.27. The van der Waals surface area contributed by atoms with Gasteiger partial charge in [-0.3, -0.25) is 9.48 Å². The minimum atomic E-state index is -0.910. The van der Waals surface area contributed by atoms with Gasteiger partial charge >= 0.3 is 5.97 Å². The second-order valence-corrected chi connectivity index (χ2v) is 5.72. The van der Waals surface area contributed by atoms with Gasteiger partial charge in [0.05, 0.1) is 18.7 Å². The number of esters is 1. The number of hydrogen-bond acceptors (Lipinski definition) is 4. The fourth-order valence-corrected chi connectivity index (χ4v) is 2.96. The van der Waals surface area contributed by atoms with E-state index in [0.717, 1.165) is 17.8 Å². The average molecular weight is 349 g/mol. The standard InChI is InChI=1S/C17H17F2N3O3/c1-3-25-17(24)15-12-9-22(7-6-14(12)21(2)20-15)16(23)11-5-4-10(18)8-13(11)19/h4-5,8H,3,6-7,9H2,1-2H3. The molecule has 8 heteroatoms. The summed E-state index contributed by atoms with van der Waals surface area (Å²) in [5, 5.41) is 4.19. The summed E-state index contributed by atoms with van der Waals surface area (Å²) in [7, 11) is 1.72. The molecule has 1 aliphatic rings. The molecule has 0 N–H and O–H groups in total. The molecule has 6 nitrogen and oxygen atoms in total. The van der Waals surface area contributed by atoms with Crippen molar-refractivity contribution in [2.24, 2.45) is 7.05 Å². The summed E-state index contributed by atoms with van der Waals surface area (Å²) >= 11 is 0. The highest BCUT2D eigenvalue weighted by Gasteiger charge is 2.31. The third kappa shape index (κ3) is 3.11. The van der Waals surface area contributed by atoms with E-state index in [2.05, 4.69) is 5.10 Å². The summed E-state index contributed by atoms with van der Waals surface area (Å²) < 4.78 is 33.5. The summed E-state index contributed by atoms with van der Waals surface area (Å²) in [4.78, 5) is 26.1. The number of carbonyl (C=O) groups excluding carboxylic acids is 2. The van der Waals surface area contributed by atoms with Crippen molar-refractivity contribution in [1.82, 2.24) is 14.7 Å². The van der Waals surface area contributed by atoms with Crippen molar-refractivity contribution < 1.29 is 23.1 Å². The van der Waals surface area contributed by atoms with Crippen LogP contribution in [0.5, 0.6) is 0 Å². The van der Waals surface area contributed by atoms with Crippen LogP contribution in [0.1, 0.15) is 39.0 Å². The number of halogens is 2. The first-order valence-electron chi connectivity index (χ1n) is 7.88. The third-order valence-electron chi connectivity index (χ3n) is 4.16. The second kappa shape index (κ2) is 6.62. The predicted molar refractivity (Wildman–Crippen MR) is 84.0 cm³/mol. The van der Waals surface area contributed by atoms with Gasteiger partial charge in [0.25, 0.3) is 5.91 Å². The van der Waals surface area contributed by atoms with Crippen molar-refractivity contribution in [3.8, 4) is 0 Å². The van der Waals surface area contributed by atoms with Crippen LogP contribution in [0, 0.1) is 11.6 Å². The van der Waals surface area contributed by atoms with Gasteiger partial charge in [0.1, 0.15) is 11.6 Å². The normalized spacial score (nSPS) is 13.5. The molecule has 0 saturated heterocycles. The van der Waals surface area contributed by atoms with E-state index in [4.69, 9.17) is 4.74 Å². The summed E-state index contributed by atoms with van der Waals surface area (Å²) in [6.45, 7) is 2.38. The number of amides is 1. The van der Waals surface area contributed by atoms with Gasteiger partial charge in [0.2, 0.25) is 0 Å². The van der Waals surface area contributed by atoms with E-state index in [-0.39, 0.29) is 24.4 Å². The molecule has 0 fully saturated rings. The molecule has 2 aromatic rings. The van der Waals surface area contributed by atoms with Crippen LogP contribution in [-0.2, 0) is 24.8 Å². The zero-order chi connectivity index (χ0) is 18.1. The lowest BCUT2D eigenvalue weighted by atomic mass is 10.0. The van der Waals surface area contributed by atoms with Gasteiger partial charge in [-0.2, -0.15) is 5.10 Å². The Morgan fingerprint density at radius 3 is 2.76 bits per heavy atom. The highest BCUT2D eigenvalue weighted by atomic mass is 19.1. The Balaban J connectivity index is 1.90. The Hall–Kier alpha value is -2.77. The molecule has 2 heterocycles. The zero-order valence-electron chi connectivity index (χ0n) is 13.9. The van der Waals surface area contributed by atoms with Crippen LogP contribution in [0.4, 0.5) is 8.78 Å². The van der Waals surface area contributed by atoms with Crippen LogP contribution in [0.3, 0.4) is 0 Å². The highest BCUT2D eigenvalue weighted by Crippen LogP contribution is 2.24. The van der Waals surface area contributed by atoms with Gasteiger partial charge < -0.3 is 9.64 Å².